The van der Waals surface area contributed by atoms with E-state index in [4.69, 9.17) is 4.74 Å². The average molecular weight is 267 g/mol. The van der Waals surface area contributed by atoms with Gasteiger partial charge in [-0.2, -0.15) is 5.10 Å². The molecule has 0 radical (unpaired) electrons. The van der Waals surface area contributed by atoms with E-state index in [1.807, 2.05) is 49.5 Å². The van der Waals surface area contributed by atoms with Gasteiger partial charge in [-0.1, -0.05) is 30.3 Å². The first-order valence-corrected chi connectivity index (χ1v) is 6.62. The summed E-state index contributed by atoms with van der Waals surface area (Å²) in [5.74, 6) is 1.83. The number of amidine groups is 1. The van der Waals surface area contributed by atoms with Crippen molar-refractivity contribution >= 4 is 5.84 Å². The summed E-state index contributed by atoms with van der Waals surface area (Å²) in [7, 11) is 2.01. The summed E-state index contributed by atoms with van der Waals surface area (Å²) >= 11 is 0. The summed E-state index contributed by atoms with van der Waals surface area (Å²) < 4.78 is 5.77. The SMILES string of the molecule is CN1CNN=C1c1ccc(OCc2ccccc2)cc1. The van der Waals surface area contributed by atoms with Crippen molar-refractivity contribution in [2.75, 3.05) is 13.7 Å². The first-order valence-electron chi connectivity index (χ1n) is 6.62. The third kappa shape index (κ3) is 2.74. The Hall–Kier alpha value is -2.49. The lowest BCUT2D eigenvalue weighted by molar-refractivity contribution is 0.306. The Balaban J connectivity index is 1.65. The molecule has 1 aliphatic heterocycles. The van der Waals surface area contributed by atoms with Gasteiger partial charge in [0, 0.05) is 12.6 Å². The van der Waals surface area contributed by atoms with E-state index in [9.17, 15) is 0 Å². The molecule has 0 fully saturated rings. The van der Waals surface area contributed by atoms with Crippen molar-refractivity contribution in [1.29, 1.82) is 0 Å². The predicted octanol–water partition coefficient (Wildman–Crippen LogP) is 2.42. The number of benzene rings is 2. The zero-order valence-electron chi connectivity index (χ0n) is 11.4. The second-order valence-corrected chi connectivity index (χ2v) is 4.75. The largest absolute Gasteiger partial charge is 0.489 e. The van der Waals surface area contributed by atoms with E-state index in [0.29, 0.717) is 6.61 Å². The molecule has 0 aliphatic carbocycles. The molecule has 2 aromatic carbocycles. The van der Waals surface area contributed by atoms with Crippen LogP contribution in [0.4, 0.5) is 0 Å². The number of nitrogens with zero attached hydrogens (tertiary/aromatic N) is 2. The zero-order chi connectivity index (χ0) is 13.8. The maximum Gasteiger partial charge on any atom is 0.156 e. The van der Waals surface area contributed by atoms with Gasteiger partial charge in [-0.15, -0.1) is 0 Å². The maximum absolute atomic E-state index is 5.77. The third-order valence-corrected chi connectivity index (χ3v) is 3.22. The fourth-order valence-corrected chi connectivity index (χ4v) is 2.10. The Kier molecular flexibility index (Phi) is 3.54. The molecule has 4 nitrogen and oxygen atoms in total. The molecule has 0 aromatic heterocycles. The zero-order valence-corrected chi connectivity index (χ0v) is 11.4. The molecule has 3 rings (SSSR count). The number of nitrogens with one attached hydrogen (secondary N) is 1. The number of hydrogen-bond donors (Lipinski definition) is 1. The highest BCUT2D eigenvalue weighted by Crippen LogP contribution is 2.16. The average Bonchev–Trinajstić information content (AvgIpc) is 2.93. The van der Waals surface area contributed by atoms with E-state index >= 15 is 0 Å². The molecule has 2 aromatic rings. The molecule has 102 valence electrons. The molecular weight excluding hydrogens is 250 g/mol. The minimum Gasteiger partial charge on any atom is -0.489 e. The smallest absolute Gasteiger partial charge is 0.156 e. The van der Waals surface area contributed by atoms with Crippen LogP contribution in [-0.2, 0) is 6.61 Å². The summed E-state index contributed by atoms with van der Waals surface area (Å²) in [4.78, 5) is 2.07. The van der Waals surface area contributed by atoms with Gasteiger partial charge in [-0.25, -0.2) is 0 Å². The third-order valence-electron chi connectivity index (χ3n) is 3.22. The van der Waals surface area contributed by atoms with Crippen LogP contribution in [0.15, 0.2) is 59.7 Å². The fraction of sp³-hybridized carbons (Fsp3) is 0.188. The molecule has 0 saturated heterocycles. The van der Waals surface area contributed by atoms with Crippen molar-refractivity contribution in [2.45, 2.75) is 6.61 Å². The standard InChI is InChI=1S/C16H17N3O/c1-19-12-17-18-16(19)14-7-9-15(10-8-14)20-11-13-5-3-2-4-6-13/h2-10,17H,11-12H2,1H3. The second-order valence-electron chi connectivity index (χ2n) is 4.75. The molecule has 1 aliphatic rings. The van der Waals surface area contributed by atoms with Crippen molar-refractivity contribution in [3.05, 3.63) is 65.7 Å². The van der Waals surface area contributed by atoms with Gasteiger partial charge in [0.15, 0.2) is 5.84 Å². The molecule has 0 atom stereocenters. The molecule has 1 heterocycles. The highest BCUT2D eigenvalue weighted by atomic mass is 16.5. The van der Waals surface area contributed by atoms with Crippen LogP contribution in [0.2, 0.25) is 0 Å². The molecule has 0 bridgehead atoms. The fourth-order valence-electron chi connectivity index (χ4n) is 2.10. The van der Waals surface area contributed by atoms with Gasteiger partial charge in [0.2, 0.25) is 0 Å². The summed E-state index contributed by atoms with van der Waals surface area (Å²) in [5.41, 5.74) is 5.22. The van der Waals surface area contributed by atoms with Crippen LogP contribution in [0.5, 0.6) is 5.75 Å². The van der Waals surface area contributed by atoms with Gasteiger partial charge in [-0.3, -0.25) is 5.43 Å². The summed E-state index contributed by atoms with van der Waals surface area (Å²) in [6.07, 6.45) is 0. The topological polar surface area (TPSA) is 36.9 Å². The second kappa shape index (κ2) is 5.65. The molecular formula is C16H17N3O. The molecule has 0 unspecified atom stereocenters. The summed E-state index contributed by atoms with van der Waals surface area (Å²) in [6.45, 7) is 1.34. The van der Waals surface area contributed by atoms with Crippen molar-refractivity contribution in [1.82, 2.24) is 10.3 Å². The van der Waals surface area contributed by atoms with Gasteiger partial charge in [0.05, 0.1) is 0 Å². The molecule has 0 amide bonds. The van der Waals surface area contributed by atoms with E-state index in [1.165, 1.54) is 5.56 Å². The van der Waals surface area contributed by atoms with E-state index < -0.39 is 0 Å². The molecule has 1 N–H and O–H groups in total. The maximum atomic E-state index is 5.77. The molecule has 4 heteroatoms. The Bertz CT molecular complexity index is 593. The van der Waals surface area contributed by atoms with E-state index in [2.05, 4.69) is 27.6 Å². The van der Waals surface area contributed by atoms with Gasteiger partial charge in [0.1, 0.15) is 19.0 Å². The van der Waals surface area contributed by atoms with Gasteiger partial charge >= 0.3 is 0 Å². The monoisotopic (exact) mass is 267 g/mol. The minimum absolute atomic E-state index is 0.586. The first kappa shape index (κ1) is 12.5. The van der Waals surface area contributed by atoms with Crippen LogP contribution in [0, 0.1) is 0 Å². The van der Waals surface area contributed by atoms with Crippen molar-refractivity contribution < 1.29 is 4.74 Å². The van der Waals surface area contributed by atoms with Crippen LogP contribution in [0.3, 0.4) is 0 Å². The molecule has 0 saturated carbocycles. The van der Waals surface area contributed by atoms with Crippen molar-refractivity contribution in [2.24, 2.45) is 5.10 Å². The summed E-state index contributed by atoms with van der Waals surface area (Å²) in [6, 6.07) is 18.2. The van der Waals surface area contributed by atoms with Crippen LogP contribution in [0.25, 0.3) is 0 Å². The number of hydrazone groups is 1. The minimum atomic E-state index is 0.586. The van der Waals surface area contributed by atoms with Gasteiger partial charge in [-0.05, 0) is 29.8 Å². The van der Waals surface area contributed by atoms with Crippen LogP contribution < -0.4 is 10.2 Å². The van der Waals surface area contributed by atoms with E-state index in [0.717, 1.165) is 23.8 Å². The quantitative estimate of drug-likeness (QED) is 0.924. The lowest BCUT2D eigenvalue weighted by Gasteiger charge is -2.12. The molecule has 0 spiro atoms. The Morgan fingerprint density at radius 2 is 1.85 bits per heavy atom. The van der Waals surface area contributed by atoms with Crippen LogP contribution in [0.1, 0.15) is 11.1 Å². The van der Waals surface area contributed by atoms with Crippen LogP contribution in [-0.4, -0.2) is 24.5 Å². The Morgan fingerprint density at radius 1 is 1.10 bits per heavy atom. The van der Waals surface area contributed by atoms with E-state index in [-0.39, 0.29) is 0 Å². The predicted molar refractivity (Wildman–Crippen MR) is 79.5 cm³/mol. The van der Waals surface area contributed by atoms with Crippen LogP contribution >= 0.6 is 0 Å². The highest BCUT2D eigenvalue weighted by Gasteiger charge is 2.14. The lowest BCUT2D eigenvalue weighted by atomic mass is 10.2. The number of ether oxygens (including phenoxy) is 1. The lowest BCUT2D eigenvalue weighted by Crippen LogP contribution is -2.25. The molecule has 20 heavy (non-hydrogen) atoms. The number of rotatable bonds is 4. The highest BCUT2D eigenvalue weighted by molar-refractivity contribution is 5.99. The normalized spacial score (nSPS) is 13.8. The van der Waals surface area contributed by atoms with Gasteiger partial charge in [0.25, 0.3) is 0 Å². The first-order chi connectivity index (χ1) is 9.83. The van der Waals surface area contributed by atoms with Gasteiger partial charge < -0.3 is 9.64 Å². The Morgan fingerprint density at radius 3 is 2.50 bits per heavy atom. The van der Waals surface area contributed by atoms with Crippen molar-refractivity contribution in [3.8, 4) is 5.75 Å². The van der Waals surface area contributed by atoms with E-state index in [1.54, 1.807) is 0 Å². The Labute approximate surface area is 118 Å². The summed E-state index contributed by atoms with van der Waals surface area (Å²) in [5, 5.41) is 4.26. The van der Waals surface area contributed by atoms with Crippen molar-refractivity contribution in [3.63, 3.8) is 0 Å². The number of hydrogen-bond acceptors (Lipinski definition) is 4.